The number of aromatic nitrogens is 2. The average molecular weight is 269 g/mol. The number of nitrogens with zero attached hydrogens (tertiary/aromatic N) is 2. The third kappa shape index (κ3) is 3.92. The zero-order valence-corrected chi connectivity index (χ0v) is 12.1. The van der Waals surface area contributed by atoms with E-state index in [0.29, 0.717) is 0 Å². The van der Waals surface area contributed by atoms with Crippen molar-refractivity contribution in [3.8, 4) is 0 Å². The molecule has 1 aliphatic rings. The first-order valence-corrected chi connectivity index (χ1v) is 7.72. The highest BCUT2D eigenvalue weighted by Gasteiger charge is 2.17. The Morgan fingerprint density at radius 3 is 3.22 bits per heavy atom. The molecule has 1 saturated heterocycles. The molecule has 4 nitrogen and oxygen atoms in total. The van der Waals surface area contributed by atoms with Crippen LogP contribution in [0, 0.1) is 6.92 Å². The summed E-state index contributed by atoms with van der Waals surface area (Å²) >= 11 is 2.09. The van der Waals surface area contributed by atoms with Gasteiger partial charge in [-0.05, 0) is 31.9 Å². The molecule has 0 radical (unpaired) electrons. The molecule has 1 fully saturated rings. The number of thioether (sulfide) groups is 1. The van der Waals surface area contributed by atoms with E-state index in [1.165, 1.54) is 18.6 Å². The van der Waals surface area contributed by atoms with Crippen molar-refractivity contribution in [3.05, 3.63) is 11.9 Å². The van der Waals surface area contributed by atoms with Crippen LogP contribution in [0.5, 0.6) is 0 Å². The summed E-state index contributed by atoms with van der Waals surface area (Å²) in [5, 5.41) is 4.17. The van der Waals surface area contributed by atoms with Gasteiger partial charge < -0.3 is 14.6 Å². The molecule has 1 aliphatic heterocycles. The fourth-order valence-corrected chi connectivity index (χ4v) is 3.52. The van der Waals surface area contributed by atoms with Crippen molar-refractivity contribution in [2.75, 3.05) is 31.3 Å². The SMILES string of the molecule is COCCCNc1nc(C)cn1CC1CCCS1. The van der Waals surface area contributed by atoms with Crippen molar-refractivity contribution in [1.82, 2.24) is 9.55 Å². The molecular weight excluding hydrogens is 246 g/mol. The fourth-order valence-electron chi connectivity index (χ4n) is 2.25. The number of rotatable bonds is 7. The van der Waals surface area contributed by atoms with Crippen LogP contribution in [-0.4, -0.2) is 40.8 Å². The number of aryl methyl sites for hydroxylation is 1. The number of hydrogen-bond acceptors (Lipinski definition) is 4. The van der Waals surface area contributed by atoms with Gasteiger partial charge in [0.05, 0.1) is 5.69 Å². The van der Waals surface area contributed by atoms with E-state index in [1.807, 2.05) is 0 Å². The van der Waals surface area contributed by atoms with Gasteiger partial charge in [-0.2, -0.15) is 11.8 Å². The van der Waals surface area contributed by atoms with Gasteiger partial charge in [-0.25, -0.2) is 4.98 Å². The molecule has 0 bridgehead atoms. The number of hydrogen-bond donors (Lipinski definition) is 1. The molecule has 18 heavy (non-hydrogen) atoms. The molecule has 0 spiro atoms. The summed E-state index contributed by atoms with van der Waals surface area (Å²) in [6.45, 7) is 4.85. The summed E-state index contributed by atoms with van der Waals surface area (Å²) in [6.07, 6.45) is 5.86. The minimum absolute atomic E-state index is 0.762. The van der Waals surface area contributed by atoms with Gasteiger partial charge in [0.2, 0.25) is 5.95 Å². The zero-order valence-electron chi connectivity index (χ0n) is 11.3. The van der Waals surface area contributed by atoms with E-state index in [4.69, 9.17) is 4.74 Å². The minimum Gasteiger partial charge on any atom is -0.385 e. The van der Waals surface area contributed by atoms with Crippen molar-refractivity contribution in [1.29, 1.82) is 0 Å². The van der Waals surface area contributed by atoms with Gasteiger partial charge >= 0.3 is 0 Å². The Morgan fingerprint density at radius 2 is 2.50 bits per heavy atom. The summed E-state index contributed by atoms with van der Waals surface area (Å²) < 4.78 is 7.32. The van der Waals surface area contributed by atoms with Crippen LogP contribution in [-0.2, 0) is 11.3 Å². The van der Waals surface area contributed by atoms with Gasteiger partial charge in [0, 0.05) is 38.3 Å². The van der Waals surface area contributed by atoms with Crippen LogP contribution in [0.25, 0.3) is 0 Å². The van der Waals surface area contributed by atoms with Crippen LogP contribution in [0.1, 0.15) is 25.0 Å². The highest BCUT2D eigenvalue weighted by atomic mass is 32.2. The van der Waals surface area contributed by atoms with E-state index in [-0.39, 0.29) is 0 Å². The molecule has 1 aromatic rings. The van der Waals surface area contributed by atoms with E-state index in [1.54, 1.807) is 7.11 Å². The third-order valence-corrected chi connectivity index (χ3v) is 4.51. The monoisotopic (exact) mass is 269 g/mol. The first-order valence-electron chi connectivity index (χ1n) is 6.68. The maximum absolute atomic E-state index is 5.05. The summed E-state index contributed by atoms with van der Waals surface area (Å²) in [5.41, 5.74) is 1.09. The van der Waals surface area contributed by atoms with Crippen molar-refractivity contribution in [2.45, 2.75) is 38.0 Å². The molecule has 102 valence electrons. The molecule has 2 heterocycles. The molecule has 5 heteroatoms. The Morgan fingerprint density at radius 1 is 1.61 bits per heavy atom. The van der Waals surface area contributed by atoms with Crippen LogP contribution in [0.4, 0.5) is 5.95 Å². The second-order valence-corrected chi connectivity index (χ2v) is 6.17. The Hall–Kier alpha value is -0.680. The lowest BCUT2D eigenvalue weighted by Gasteiger charge is -2.13. The smallest absolute Gasteiger partial charge is 0.203 e. The van der Waals surface area contributed by atoms with Crippen LogP contribution in [0.2, 0.25) is 0 Å². The molecule has 1 N–H and O–H groups in total. The van der Waals surface area contributed by atoms with E-state index < -0.39 is 0 Å². The van der Waals surface area contributed by atoms with Crippen LogP contribution in [0.3, 0.4) is 0 Å². The van der Waals surface area contributed by atoms with E-state index in [0.717, 1.165) is 43.0 Å². The quantitative estimate of drug-likeness (QED) is 0.772. The average Bonchev–Trinajstić information content (AvgIpc) is 2.96. The normalized spacial score (nSPS) is 19.3. The second kappa shape index (κ2) is 7.04. The van der Waals surface area contributed by atoms with Crippen LogP contribution < -0.4 is 5.32 Å². The van der Waals surface area contributed by atoms with E-state index >= 15 is 0 Å². The number of methoxy groups -OCH3 is 1. The zero-order chi connectivity index (χ0) is 12.8. The minimum atomic E-state index is 0.762. The van der Waals surface area contributed by atoms with Gasteiger partial charge in [-0.3, -0.25) is 0 Å². The molecule has 1 unspecified atom stereocenters. The molecule has 0 aliphatic carbocycles. The molecular formula is C13H23N3OS. The van der Waals surface area contributed by atoms with Crippen molar-refractivity contribution in [3.63, 3.8) is 0 Å². The molecule has 2 rings (SSSR count). The topological polar surface area (TPSA) is 39.1 Å². The maximum atomic E-state index is 5.05. The maximum Gasteiger partial charge on any atom is 0.203 e. The van der Waals surface area contributed by atoms with Gasteiger partial charge in [0.25, 0.3) is 0 Å². The number of imidazole rings is 1. The van der Waals surface area contributed by atoms with E-state index in [9.17, 15) is 0 Å². The molecule has 1 aromatic heterocycles. The first-order chi connectivity index (χ1) is 8.79. The van der Waals surface area contributed by atoms with Crippen molar-refractivity contribution in [2.24, 2.45) is 0 Å². The number of anilines is 1. The molecule has 0 amide bonds. The predicted octanol–water partition coefficient (Wildman–Crippen LogP) is 2.54. The Kier molecular flexibility index (Phi) is 5.38. The lowest BCUT2D eigenvalue weighted by Crippen LogP contribution is -2.14. The summed E-state index contributed by atoms with van der Waals surface area (Å²) in [6, 6.07) is 0. The largest absolute Gasteiger partial charge is 0.385 e. The number of nitrogens with one attached hydrogen (secondary N) is 1. The fraction of sp³-hybridized carbons (Fsp3) is 0.769. The predicted molar refractivity (Wildman–Crippen MR) is 77.4 cm³/mol. The molecule has 0 saturated carbocycles. The molecule has 1 atom stereocenters. The lowest BCUT2D eigenvalue weighted by molar-refractivity contribution is 0.197. The van der Waals surface area contributed by atoms with Crippen molar-refractivity contribution < 1.29 is 4.74 Å². The molecule has 0 aromatic carbocycles. The summed E-state index contributed by atoms with van der Waals surface area (Å²) in [5.74, 6) is 2.32. The summed E-state index contributed by atoms with van der Waals surface area (Å²) in [4.78, 5) is 4.55. The highest BCUT2D eigenvalue weighted by molar-refractivity contribution is 8.00. The lowest BCUT2D eigenvalue weighted by atomic mass is 10.2. The Balaban J connectivity index is 1.87. The van der Waals surface area contributed by atoms with Crippen molar-refractivity contribution >= 4 is 17.7 Å². The van der Waals surface area contributed by atoms with Gasteiger partial charge in [-0.15, -0.1) is 0 Å². The second-order valence-electron chi connectivity index (χ2n) is 4.77. The van der Waals surface area contributed by atoms with E-state index in [2.05, 4.69) is 39.8 Å². The third-order valence-electron chi connectivity index (χ3n) is 3.13. The van der Waals surface area contributed by atoms with Gasteiger partial charge in [0.1, 0.15) is 0 Å². The van der Waals surface area contributed by atoms with Crippen LogP contribution >= 0.6 is 11.8 Å². The van der Waals surface area contributed by atoms with Gasteiger partial charge in [0.15, 0.2) is 0 Å². The van der Waals surface area contributed by atoms with Crippen LogP contribution in [0.15, 0.2) is 6.20 Å². The first kappa shape index (κ1) is 13.7. The number of ether oxygens (including phenoxy) is 1. The Labute approximate surface area is 114 Å². The summed E-state index contributed by atoms with van der Waals surface area (Å²) in [7, 11) is 1.74. The highest BCUT2D eigenvalue weighted by Crippen LogP contribution is 2.28. The van der Waals surface area contributed by atoms with Gasteiger partial charge in [-0.1, -0.05) is 0 Å². The Bertz CT molecular complexity index is 361. The standard InChI is InChI=1S/C13H23N3OS/c1-11-9-16(10-12-5-3-8-18-12)13(15-11)14-6-4-7-17-2/h9,12H,3-8,10H2,1-2H3,(H,14,15).